The lowest BCUT2D eigenvalue weighted by atomic mass is 9.91. The zero-order chi connectivity index (χ0) is 42.4. The van der Waals surface area contributed by atoms with E-state index in [-0.39, 0.29) is 0 Å². The van der Waals surface area contributed by atoms with Crippen LogP contribution >= 0.6 is 0 Å². The van der Waals surface area contributed by atoms with E-state index in [2.05, 4.69) is 264 Å². The van der Waals surface area contributed by atoms with Crippen LogP contribution in [0.4, 0.5) is 17.1 Å². The number of fused-ring (bicyclic) bond motifs is 6. The van der Waals surface area contributed by atoms with Gasteiger partial charge in [0.25, 0.3) is 0 Å². The largest absolute Gasteiger partial charge is 0.310 e. The molecule has 0 saturated heterocycles. The molecule has 0 N–H and O–H groups in total. The van der Waals surface area contributed by atoms with E-state index in [9.17, 15) is 0 Å². The number of nitrogens with zero attached hydrogens (tertiary/aromatic N) is 2. The third-order valence-corrected chi connectivity index (χ3v) is 12.8. The summed E-state index contributed by atoms with van der Waals surface area (Å²) in [7, 11) is 0. The van der Waals surface area contributed by atoms with E-state index < -0.39 is 0 Å². The molecule has 0 radical (unpaired) electrons. The number of rotatable bonds is 8. The molecule has 0 amide bonds. The molecule has 0 spiro atoms. The molecule has 0 aliphatic heterocycles. The Morgan fingerprint density at radius 3 is 1.42 bits per heavy atom. The summed E-state index contributed by atoms with van der Waals surface area (Å²) in [5.74, 6) is 0. The van der Waals surface area contributed by atoms with Crippen molar-refractivity contribution in [1.82, 2.24) is 4.57 Å². The summed E-state index contributed by atoms with van der Waals surface area (Å²) in [6.45, 7) is 0. The standard InChI is InChI=1S/C62H42N2/c1-3-16-43(17-4-1)44-30-32-45(33-31-44)46-34-37-50(38-35-46)63(51-21-15-22-52(42-51)64-60-28-13-11-26-57(60)58-27-12-14-29-61(58)64)62-41-49(36-39-54(62)47-18-5-2-6-19-47)59-40-48-20-7-8-23-53(48)55-24-9-10-25-56(55)59/h1-42H. The number of hydrogen-bond acceptors (Lipinski definition) is 1. The predicted octanol–water partition coefficient (Wildman–Crippen LogP) is 17.2. The summed E-state index contributed by atoms with van der Waals surface area (Å²) in [6.07, 6.45) is 0. The molecular weight excluding hydrogens is 773 g/mol. The van der Waals surface area contributed by atoms with Crippen LogP contribution in [-0.4, -0.2) is 4.57 Å². The van der Waals surface area contributed by atoms with Crippen LogP contribution < -0.4 is 4.90 Å². The summed E-state index contributed by atoms with van der Waals surface area (Å²) < 4.78 is 2.41. The molecule has 12 aromatic rings. The van der Waals surface area contributed by atoms with Crippen LogP contribution in [0.5, 0.6) is 0 Å². The molecule has 0 aliphatic rings. The van der Waals surface area contributed by atoms with Gasteiger partial charge in [-0.25, -0.2) is 0 Å². The van der Waals surface area contributed by atoms with E-state index in [4.69, 9.17) is 0 Å². The van der Waals surface area contributed by atoms with Gasteiger partial charge in [0.2, 0.25) is 0 Å². The van der Waals surface area contributed by atoms with Gasteiger partial charge in [-0.2, -0.15) is 0 Å². The van der Waals surface area contributed by atoms with Crippen LogP contribution in [0.1, 0.15) is 0 Å². The number of para-hydroxylation sites is 2. The van der Waals surface area contributed by atoms with E-state index in [1.54, 1.807) is 0 Å². The van der Waals surface area contributed by atoms with Crippen molar-refractivity contribution in [1.29, 1.82) is 0 Å². The third kappa shape index (κ3) is 6.52. The summed E-state index contributed by atoms with van der Waals surface area (Å²) in [5, 5.41) is 7.48. The molecule has 11 aromatic carbocycles. The number of aromatic nitrogens is 1. The van der Waals surface area contributed by atoms with Crippen LogP contribution in [0.25, 0.3) is 93.5 Å². The first-order chi connectivity index (χ1) is 31.7. The van der Waals surface area contributed by atoms with Crippen molar-refractivity contribution in [2.75, 3.05) is 4.90 Å². The normalized spacial score (nSPS) is 11.4. The van der Waals surface area contributed by atoms with Gasteiger partial charge in [-0.05, 0) is 115 Å². The predicted molar refractivity (Wildman–Crippen MR) is 272 cm³/mol. The Morgan fingerprint density at radius 1 is 0.266 bits per heavy atom. The monoisotopic (exact) mass is 814 g/mol. The van der Waals surface area contributed by atoms with Crippen molar-refractivity contribution >= 4 is 60.4 Å². The highest BCUT2D eigenvalue weighted by Crippen LogP contribution is 2.46. The van der Waals surface area contributed by atoms with Gasteiger partial charge in [-0.15, -0.1) is 0 Å². The second-order valence-corrected chi connectivity index (χ2v) is 16.5. The van der Waals surface area contributed by atoms with Gasteiger partial charge in [-0.3, -0.25) is 0 Å². The first kappa shape index (κ1) is 37.3. The molecule has 64 heavy (non-hydrogen) atoms. The topological polar surface area (TPSA) is 8.17 Å². The molecule has 0 atom stereocenters. The van der Waals surface area contributed by atoms with E-state index in [1.807, 2.05) is 0 Å². The Kier molecular flexibility index (Phi) is 9.20. The maximum atomic E-state index is 2.45. The van der Waals surface area contributed by atoms with Gasteiger partial charge >= 0.3 is 0 Å². The van der Waals surface area contributed by atoms with Gasteiger partial charge in [0, 0.05) is 33.4 Å². The minimum atomic E-state index is 1.07. The molecule has 1 heterocycles. The molecule has 12 rings (SSSR count). The number of hydrogen-bond donors (Lipinski definition) is 0. The van der Waals surface area contributed by atoms with Crippen LogP contribution in [-0.2, 0) is 0 Å². The molecular formula is C62H42N2. The summed E-state index contributed by atoms with van der Waals surface area (Å²) in [5.41, 5.74) is 16.2. The average molecular weight is 815 g/mol. The Morgan fingerprint density at radius 2 is 0.766 bits per heavy atom. The lowest BCUT2D eigenvalue weighted by molar-refractivity contribution is 1.17. The lowest BCUT2D eigenvalue weighted by Gasteiger charge is -2.29. The Balaban J connectivity index is 1.07. The quantitative estimate of drug-likeness (QED) is 0.139. The van der Waals surface area contributed by atoms with Crippen molar-refractivity contribution in [2.45, 2.75) is 0 Å². The Bertz CT molecular complexity index is 3590. The fourth-order valence-electron chi connectivity index (χ4n) is 9.73. The summed E-state index contributed by atoms with van der Waals surface area (Å²) in [6, 6.07) is 92.8. The Hall–Kier alpha value is -8.46. The van der Waals surface area contributed by atoms with Gasteiger partial charge in [0.15, 0.2) is 0 Å². The van der Waals surface area contributed by atoms with Crippen LogP contribution in [0.2, 0.25) is 0 Å². The fourth-order valence-corrected chi connectivity index (χ4v) is 9.73. The molecule has 0 unspecified atom stereocenters. The first-order valence-corrected chi connectivity index (χ1v) is 22.0. The molecule has 2 heteroatoms. The number of benzene rings is 11. The maximum absolute atomic E-state index is 2.45. The van der Waals surface area contributed by atoms with Crippen molar-refractivity contribution in [2.24, 2.45) is 0 Å². The van der Waals surface area contributed by atoms with E-state index in [0.717, 1.165) is 39.4 Å². The first-order valence-electron chi connectivity index (χ1n) is 22.0. The van der Waals surface area contributed by atoms with E-state index >= 15 is 0 Å². The molecule has 0 bridgehead atoms. The van der Waals surface area contributed by atoms with Crippen LogP contribution in [0.15, 0.2) is 255 Å². The van der Waals surface area contributed by atoms with Crippen molar-refractivity contribution in [3.05, 3.63) is 255 Å². The average Bonchev–Trinajstić information content (AvgIpc) is 3.71. The van der Waals surface area contributed by atoms with Crippen molar-refractivity contribution in [3.8, 4) is 50.2 Å². The van der Waals surface area contributed by atoms with E-state index in [0.29, 0.717) is 0 Å². The zero-order valence-corrected chi connectivity index (χ0v) is 35.1. The maximum Gasteiger partial charge on any atom is 0.0546 e. The van der Waals surface area contributed by atoms with Crippen LogP contribution in [0, 0.1) is 0 Å². The molecule has 1 aromatic heterocycles. The van der Waals surface area contributed by atoms with E-state index in [1.165, 1.54) is 71.2 Å². The molecule has 0 aliphatic carbocycles. The fraction of sp³-hybridized carbons (Fsp3) is 0. The number of anilines is 3. The second kappa shape index (κ2) is 15.8. The van der Waals surface area contributed by atoms with Gasteiger partial charge < -0.3 is 9.47 Å². The highest BCUT2D eigenvalue weighted by molar-refractivity contribution is 6.14. The van der Waals surface area contributed by atoms with Crippen molar-refractivity contribution in [3.63, 3.8) is 0 Å². The smallest absolute Gasteiger partial charge is 0.0546 e. The molecule has 300 valence electrons. The minimum Gasteiger partial charge on any atom is -0.310 e. The summed E-state index contributed by atoms with van der Waals surface area (Å²) in [4.78, 5) is 2.45. The highest BCUT2D eigenvalue weighted by atomic mass is 15.1. The summed E-state index contributed by atoms with van der Waals surface area (Å²) >= 11 is 0. The zero-order valence-electron chi connectivity index (χ0n) is 35.1. The second-order valence-electron chi connectivity index (χ2n) is 16.5. The van der Waals surface area contributed by atoms with Gasteiger partial charge in [0.05, 0.1) is 16.7 Å². The minimum absolute atomic E-state index is 1.07. The molecule has 2 nitrogen and oxygen atoms in total. The van der Waals surface area contributed by atoms with Gasteiger partial charge in [0.1, 0.15) is 0 Å². The Labute approximate surface area is 373 Å². The molecule has 0 fully saturated rings. The van der Waals surface area contributed by atoms with Gasteiger partial charge in [-0.1, -0.05) is 200 Å². The molecule has 0 saturated carbocycles. The van der Waals surface area contributed by atoms with Crippen LogP contribution in [0.3, 0.4) is 0 Å². The third-order valence-electron chi connectivity index (χ3n) is 12.8. The lowest BCUT2D eigenvalue weighted by Crippen LogP contribution is -2.12. The van der Waals surface area contributed by atoms with Crippen molar-refractivity contribution < 1.29 is 0 Å². The SMILES string of the molecule is c1ccc(-c2ccc(-c3ccc(N(c4cccc(-n5c6ccccc6c6ccccc65)c4)c4cc(-c5cc6ccccc6c6ccccc56)ccc4-c4ccccc4)cc3)cc2)cc1. The highest BCUT2D eigenvalue weighted by Gasteiger charge is 2.21.